The number of amides is 2. The number of rotatable bonds is 16. The van der Waals surface area contributed by atoms with Crippen molar-refractivity contribution in [1.29, 1.82) is 0 Å². The van der Waals surface area contributed by atoms with Crippen molar-refractivity contribution in [2.24, 2.45) is 11.8 Å². The number of carbonyl (C=O) groups is 2. The van der Waals surface area contributed by atoms with Crippen LogP contribution >= 0.6 is 0 Å². The number of nitrogens with zero attached hydrogens (tertiary/aromatic N) is 1. The van der Waals surface area contributed by atoms with Crippen LogP contribution in [-0.2, 0) is 24.5 Å². The van der Waals surface area contributed by atoms with E-state index in [0.717, 1.165) is 25.7 Å². The largest absolute Gasteiger partial charge is 0.390 e. The Hall–Kier alpha value is -2.35. The molecule has 1 aromatic rings. The summed E-state index contributed by atoms with van der Waals surface area (Å²) in [6.07, 6.45) is 4.17. The van der Waals surface area contributed by atoms with E-state index >= 15 is 0 Å². The zero-order valence-electron chi connectivity index (χ0n) is 25.5. The molecule has 0 radical (unpaired) electrons. The Kier molecular flexibility index (Phi) is 14.1. The predicted octanol–water partition coefficient (Wildman–Crippen LogP) is 1.83. The van der Waals surface area contributed by atoms with Crippen LogP contribution in [0.15, 0.2) is 43.0 Å². The minimum Gasteiger partial charge on any atom is -0.390 e. The van der Waals surface area contributed by atoms with E-state index in [0.29, 0.717) is 18.8 Å². The summed E-state index contributed by atoms with van der Waals surface area (Å²) in [4.78, 5) is 26.1. The highest BCUT2D eigenvalue weighted by Gasteiger charge is 2.34. The first-order chi connectivity index (χ1) is 20.5. The van der Waals surface area contributed by atoms with Gasteiger partial charge in [-0.05, 0) is 68.3 Å². The van der Waals surface area contributed by atoms with Crippen LogP contribution in [0.1, 0.15) is 70.3 Å². The van der Waals surface area contributed by atoms with Crippen molar-refractivity contribution in [2.75, 3.05) is 32.8 Å². The second-order valence-electron chi connectivity index (χ2n) is 12.1. The molecule has 3 rings (SSSR count). The molecule has 242 valence electrons. The number of hydrogen-bond acceptors (Lipinski definition) is 7. The van der Waals surface area contributed by atoms with Crippen LogP contribution in [-0.4, -0.2) is 91.9 Å². The highest BCUT2D eigenvalue weighted by atomic mass is 32.2. The summed E-state index contributed by atoms with van der Waals surface area (Å²) >= 11 is 0. The molecular formula is C31H50N4O7S. The Bertz CT molecular complexity index is 1120. The number of benzene rings is 1. The van der Waals surface area contributed by atoms with Gasteiger partial charge in [-0.1, -0.05) is 50.3 Å². The molecule has 5 N–H and O–H groups in total. The van der Waals surface area contributed by atoms with Gasteiger partial charge < -0.3 is 25.6 Å². The first-order valence-electron chi connectivity index (χ1n) is 15.4. The van der Waals surface area contributed by atoms with E-state index < -0.39 is 52.9 Å². The lowest BCUT2D eigenvalue weighted by Gasteiger charge is -2.35. The van der Waals surface area contributed by atoms with Gasteiger partial charge in [0, 0.05) is 13.1 Å². The Morgan fingerprint density at radius 1 is 1.07 bits per heavy atom. The third kappa shape index (κ3) is 11.3. The monoisotopic (exact) mass is 622 g/mol. The first kappa shape index (κ1) is 35.1. The van der Waals surface area contributed by atoms with Gasteiger partial charge in [0.15, 0.2) is 0 Å². The van der Waals surface area contributed by atoms with Crippen molar-refractivity contribution in [3.05, 3.63) is 48.6 Å². The molecule has 2 aliphatic rings. The lowest BCUT2D eigenvalue weighted by molar-refractivity contribution is -0.130. The van der Waals surface area contributed by atoms with Crippen molar-refractivity contribution in [3.63, 3.8) is 0 Å². The Morgan fingerprint density at radius 3 is 2.33 bits per heavy atom. The third-order valence-electron chi connectivity index (χ3n) is 8.33. The normalized spacial score (nSPS) is 22.7. The molecule has 12 heteroatoms. The summed E-state index contributed by atoms with van der Waals surface area (Å²) in [5, 5.41) is 27.4. The number of carbonyl (C=O) groups excluding carboxylic acids is 2. The molecule has 0 aromatic heterocycles. The van der Waals surface area contributed by atoms with Crippen LogP contribution in [0.25, 0.3) is 0 Å². The van der Waals surface area contributed by atoms with E-state index in [1.54, 1.807) is 0 Å². The summed E-state index contributed by atoms with van der Waals surface area (Å²) < 4.78 is 33.7. The van der Waals surface area contributed by atoms with Gasteiger partial charge >= 0.3 is 0 Å². The maximum Gasteiger partial charge on any atom is 0.280 e. The van der Waals surface area contributed by atoms with Crippen molar-refractivity contribution in [1.82, 2.24) is 19.7 Å². The van der Waals surface area contributed by atoms with E-state index in [9.17, 15) is 28.2 Å². The third-order valence-corrected chi connectivity index (χ3v) is 9.89. The zero-order chi connectivity index (χ0) is 31.4. The van der Waals surface area contributed by atoms with Crippen molar-refractivity contribution in [3.8, 4) is 0 Å². The summed E-state index contributed by atoms with van der Waals surface area (Å²) in [6, 6.07) is 8.68. The van der Waals surface area contributed by atoms with Crippen molar-refractivity contribution >= 4 is 22.0 Å². The Balaban J connectivity index is 1.62. The number of aliphatic hydroxyl groups excluding tert-OH is 2. The van der Waals surface area contributed by atoms with E-state index in [-0.39, 0.29) is 44.6 Å². The van der Waals surface area contributed by atoms with Gasteiger partial charge in [-0.15, -0.1) is 6.58 Å². The molecule has 43 heavy (non-hydrogen) atoms. The van der Waals surface area contributed by atoms with Gasteiger partial charge in [0.2, 0.25) is 11.8 Å². The average molecular weight is 623 g/mol. The zero-order valence-corrected chi connectivity index (χ0v) is 26.3. The van der Waals surface area contributed by atoms with E-state index in [2.05, 4.69) is 46.2 Å². The van der Waals surface area contributed by atoms with Gasteiger partial charge in [-0.2, -0.15) is 17.4 Å². The molecule has 4 atom stereocenters. The minimum absolute atomic E-state index is 0.104. The number of hydrogen-bond donors (Lipinski definition) is 5. The Labute approximate surface area is 256 Å². The van der Waals surface area contributed by atoms with Gasteiger partial charge in [0.1, 0.15) is 12.1 Å². The average Bonchev–Trinajstić information content (AvgIpc) is 3.00. The lowest BCUT2D eigenvalue weighted by Crippen LogP contribution is -2.56. The highest BCUT2D eigenvalue weighted by molar-refractivity contribution is 7.87. The topological polar surface area (TPSA) is 157 Å². The maximum atomic E-state index is 13.4. The second-order valence-corrected chi connectivity index (χ2v) is 13.9. The fourth-order valence-corrected chi connectivity index (χ4v) is 7.08. The van der Waals surface area contributed by atoms with Crippen LogP contribution in [0.2, 0.25) is 0 Å². The molecule has 2 amide bonds. The standard InChI is InChI=1S/C31H50N4O7S/c1-4-8-26(33-29(37)21-32-43(40,41)35-15-17-42-18-16-35)31(39)34-27(30(38)28(36)19-22(2)3)20-23-11-13-25(14-12-23)24-9-6-5-7-10-24/h4-7,9-10,22-23,25-28,30,32,36,38H,1,8,11-21H2,2-3H3,(H,33,37)(H,34,39)/t23?,25?,26?,27-,28-,30+/m1/s1. The van der Waals surface area contributed by atoms with E-state index in [1.165, 1.54) is 15.9 Å². The van der Waals surface area contributed by atoms with Crippen molar-refractivity contribution in [2.45, 2.75) is 89.0 Å². The van der Waals surface area contributed by atoms with E-state index in [1.807, 2.05) is 19.9 Å². The van der Waals surface area contributed by atoms with Crippen LogP contribution in [0, 0.1) is 11.8 Å². The van der Waals surface area contributed by atoms with Crippen LogP contribution in [0.4, 0.5) is 0 Å². The van der Waals surface area contributed by atoms with Gasteiger partial charge in [-0.25, -0.2) is 0 Å². The molecule has 1 unspecified atom stereocenters. The van der Waals surface area contributed by atoms with Crippen LogP contribution in [0.3, 0.4) is 0 Å². The number of aliphatic hydroxyl groups is 2. The highest BCUT2D eigenvalue weighted by Crippen LogP contribution is 2.38. The summed E-state index contributed by atoms with van der Waals surface area (Å²) in [5.41, 5.74) is 1.33. The fraction of sp³-hybridized carbons (Fsp3) is 0.677. The van der Waals surface area contributed by atoms with Gasteiger partial charge in [-0.3, -0.25) is 9.59 Å². The quantitative estimate of drug-likeness (QED) is 0.176. The lowest BCUT2D eigenvalue weighted by atomic mass is 9.76. The van der Waals surface area contributed by atoms with Crippen molar-refractivity contribution < 1.29 is 33.0 Å². The molecule has 1 aromatic carbocycles. The molecule has 1 saturated carbocycles. The summed E-state index contributed by atoms with van der Waals surface area (Å²) in [6.45, 7) is 8.01. The molecule has 1 aliphatic carbocycles. The number of nitrogens with one attached hydrogen (secondary N) is 3. The predicted molar refractivity (Wildman–Crippen MR) is 165 cm³/mol. The molecule has 0 bridgehead atoms. The molecule has 0 spiro atoms. The first-order valence-corrected chi connectivity index (χ1v) is 16.9. The molecule has 1 aliphatic heterocycles. The smallest absolute Gasteiger partial charge is 0.280 e. The van der Waals surface area contributed by atoms with Crippen LogP contribution in [0.5, 0.6) is 0 Å². The second kappa shape index (κ2) is 17.2. The van der Waals surface area contributed by atoms with Gasteiger partial charge in [0.05, 0.1) is 31.9 Å². The number of morpholine rings is 1. The number of ether oxygens (including phenoxy) is 1. The van der Waals surface area contributed by atoms with E-state index in [4.69, 9.17) is 4.74 Å². The molecule has 11 nitrogen and oxygen atoms in total. The molecular weight excluding hydrogens is 572 g/mol. The molecule has 1 heterocycles. The Morgan fingerprint density at radius 2 is 1.72 bits per heavy atom. The summed E-state index contributed by atoms with van der Waals surface area (Å²) in [5.74, 6) is -0.308. The maximum absolute atomic E-state index is 13.4. The molecule has 1 saturated heterocycles. The SMILES string of the molecule is C=CCC(NC(=O)CNS(=O)(=O)N1CCOCC1)C(=O)N[C@H](CC1CCC(c2ccccc2)CC1)[C@H](O)[C@H](O)CC(C)C. The molecule has 2 fully saturated rings. The summed E-state index contributed by atoms with van der Waals surface area (Å²) in [7, 11) is -3.87. The van der Waals surface area contributed by atoms with Gasteiger partial charge in [0.25, 0.3) is 10.2 Å². The fourth-order valence-electron chi connectivity index (χ4n) is 5.95. The van der Waals surface area contributed by atoms with Crippen LogP contribution < -0.4 is 15.4 Å². The minimum atomic E-state index is -3.87.